The highest BCUT2D eigenvalue weighted by Gasteiger charge is 2.43. The minimum atomic E-state index is -3.58. The summed E-state index contributed by atoms with van der Waals surface area (Å²) in [6.07, 6.45) is 2.30. The molecule has 1 aliphatic rings. The lowest BCUT2D eigenvalue weighted by Gasteiger charge is -2.29. The highest BCUT2D eigenvalue weighted by atomic mass is 32.2. The molecule has 6 heteroatoms. The van der Waals surface area contributed by atoms with Crippen molar-refractivity contribution in [3.63, 3.8) is 0 Å². The molecule has 0 amide bonds. The summed E-state index contributed by atoms with van der Waals surface area (Å²) in [5, 5.41) is 8.61. The molecule has 5 nitrogen and oxygen atoms in total. The van der Waals surface area contributed by atoms with Crippen LogP contribution in [0.15, 0.2) is 29.2 Å². The van der Waals surface area contributed by atoms with Crippen molar-refractivity contribution in [3.8, 4) is 6.07 Å². The predicted molar refractivity (Wildman–Crippen MR) is 76.3 cm³/mol. The van der Waals surface area contributed by atoms with Gasteiger partial charge in [0.2, 0.25) is 10.0 Å². The molecular formula is C14H19N3O2S. The van der Waals surface area contributed by atoms with Gasteiger partial charge in [0.1, 0.15) is 0 Å². The van der Waals surface area contributed by atoms with Gasteiger partial charge in [-0.05, 0) is 43.4 Å². The molecule has 3 N–H and O–H groups in total. The lowest BCUT2D eigenvalue weighted by atomic mass is 9.98. The van der Waals surface area contributed by atoms with Gasteiger partial charge in [-0.1, -0.05) is 12.1 Å². The molecule has 0 aliphatic heterocycles. The van der Waals surface area contributed by atoms with Crippen molar-refractivity contribution in [1.82, 2.24) is 4.72 Å². The molecular weight excluding hydrogens is 274 g/mol. The summed E-state index contributed by atoms with van der Waals surface area (Å²) in [4.78, 5) is 0.208. The fourth-order valence-corrected chi connectivity index (χ4v) is 3.73. The molecule has 0 heterocycles. The SMILES string of the molecule is CC(CN)(NS(=O)(=O)c1ccc(CC#N)cc1)C1CC1. The van der Waals surface area contributed by atoms with Gasteiger partial charge in [-0.15, -0.1) is 0 Å². The molecule has 1 aromatic rings. The first-order chi connectivity index (χ1) is 9.41. The lowest BCUT2D eigenvalue weighted by molar-refractivity contribution is 0.374. The smallest absolute Gasteiger partial charge is 0.241 e. The third-order valence-corrected chi connectivity index (χ3v) is 5.41. The van der Waals surface area contributed by atoms with E-state index in [1.54, 1.807) is 12.1 Å². The summed E-state index contributed by atoms with van der Waals surface area (Å²) in [6.45, 7) is 2.13. The molecule has 2 rings (SSSR count). The Morgan fingerprint density at radius 3 is 2.45 bits per heavy atom. The van der Waals surface area contributed by atoms with Crippen LogP contribution >= 0.6 is 0 Å². The van der Waals surface area contributed by atoms with E-state index in [0.29, 0.717) is 5.92 Å². The van der Waals surface area contributed by atoms with Crippen molar-refractivity contribution < 1.29 is 8.42 Å². The van der Waals surface area contributed by atoms with Crippen LogP contribution in [0.4, 0.5) is 0 Å². The molecule has 108 valence electrons. The zero-order valence-corrected chi connectivity index (χ0v) is 12.3. The monoisotopic (exact) mass is 293 g/mol. The average molecular weight is 293 g/mol. The highest BCUT2D eigenvalue weighted by molar-refractivity contribution is 7.89. The summed E-state index contributed by atoms with van der Waals surface area (Å²) in [5.74, 6) is 0.320. The second kappa shape index (κ2) is 5.52. The first-order valence-corrected chi connectivity index (χ1v) is 8.09. The molecule has 1 unspecified atom stereocenters. The number of sulfonamides is 1. The van der Waals surface area contributed by atoms with Crippen molar-refractivity contribution in [2.45, 2.75) is 36.6 Å². The Morgan fingerprint density at radius 2 is 2.00 bits per heavy atom. The Bertz CT molecular complexity index is 615. The van der Waals surface area contributed by atoms with Gasteiger partial charge in [-0.25, -0.2) is 13.1 Å². The summed E-state index contributed by atoms with van der Waals surface area (Å²) in [6, 6.07) is 8.41. The first kappa shape index (κ1) is 15.0. The van der Waals surface area contributed by atoms with Crippen LogP contribution in [-0.4, -0.2) is 20.5 Å². The fraction of sp³-hybridized carbons (Fsp3) is 0.500. The molecule has 1 aromatic carbocycles. The van der Waals surface area contributed by atoms with Crippen LogP contribution in [-0.2, 0) is 16.4 Å². The van der Waals surface area contributed by atoms with Gasteiger partial charge in [-0.3, -0.25) is 0 Å². The summed E-state index contributed by atoms with van der Waals surface area (Å²) >= 11 is 0. The number of hydrogen-bond donors (Lipinski definition) is 2. The van der Waals surface area contributed by atoms with Crippen LogP contribution in [0, 0.1) is 17.2 Å². The largest absolute Gasteiger partial charge is 0.329 e. The quantitative estimate of drug-likeness (QED) is 0.822. The predicted octanol–water partition coefficient (Wildman–Crippen LogP) is 1.16. The van der Waals surface area contributed by atoms with E-state index in [2.05, 4.69) is 4.72 Å². The Hall–Kier alpha value is -1.42. The van der Waals surface area contributed by atoms with Gasteiger partial charge in [-0.2, -0.15) is 5.26 Å². The number of hydrogen-bond acceptors (Lipinski definition) is 4. The molecule has 20 heavy (non-hydrogen) atoms. The molecule has 0 spiro atoms. The van der Waals surface area contributed by atoms with E-state index >= 15 is 0 Å². The van der Waals surface area contributed by atoms with Gasteiger partial charge in [0.15, 0.2) is 0 Å². The Morgan fingerprint density at radius 1 is 1.40 bits per heavy atom. The third-order valence-electron chi connectivity index (χ3n) is 3.79. The highest BCUT2D eigenvalue weighted by Crippen LogP contribution is 2.39. The van der Waals surface area contributed by atoms with E-state index in [4.69, 9.17) is 11.0 Å². The van der Waals surface area contributed by atoms with E-state index in [0.717, 1.165) is 18.4 Å². The van der Waals surface area contributed by atoms with Gasteiger partial charge in [0.25, 0.3) is 0 Å². The Labute approximate surface area is 119 Å². The van der Waals surface area contributed by atoms with Gasteiger partial charge >= 0.3 is 0 Å². The van der Waals surface area contributed by atoms with E-state index in [-0.39, 0.29) is 17.9 Å². The first-order valence-electron chi connectivity index (χ1n) is 6.61. The molecule has 0 aromatic heterocycles. The summed E-state index contributed by atoms with van der Waals surface area (Å²) < 4.78 is 27.5. The molecule has 1 saturated carbocycles. The number of nitrogens with one attached hydrogen (secondary N) is 1. The molecule has 1 aliphatic carbocycles. The number of benzene rings is 1. The molecule has 0 radical (unpaired) electrons. The molecule has 1 fully saturated rings. The maximum Gasteiger partial charge on any atom is 0.241 e. The standard InChI is InChI=1S/C14H19N3O2S/c1-14(10-16,12-4-5-12)17-20(18,19)13-6-2-11(3-7-13)8-9-15/h2-3,6-7,12,17H,4-5,8,10,16H2,1H3. The van der Waals surface area contributed by atoms with Crippen molar-refractivity contribution in [2.24, 2.45) is 11.7 Å². The van der Waals surface area contributed by atoms with Gasteiger partial charge in [0.05, 0.1) is 17.4 Å². The maximum atomic E-state index is 12.4. The maximum absolute atomic E-state index is 12.4. The van der Waals surface area contributed by atoms with Crippen LogP contribution in [0.2, 0.25) is 0 Å². The number of nitriles is 1. The van der Waals surface area contributed by atoms with Crippen LogP contribution < -0.4 is 10.5 Å². The minimum Gasteiger partial charge on any atom is -0.329 e. The third kappa shape index (κ3) is 3.18. The fourth-order valence-electron chi connectivity index (χ4n) is 2.26. The van der Waals surface area contributed by atoms with Gasteiger partial charge < -0.3 is 5.73 Å². The van der Waals surface area contributed by atoms with Crippen LogP contribution in [0.5, 0.6) is 0 Å². The Kier molecular flexibility index (Phi) is 4.14. The zero-order chi connectivity index (χ0) is 14.8. The van der Waals surface area contributed by atoms with E-state index in [9.17, 15) is 8.42 Å². The van der Waals surface area contributed by atoms with E-state index in [1.807, 2.05) is 13.0 Å². The zero-order valence-electron chi connectivity index (χ0n) is 11.5. The summed E-state index contributed by atoms with van der Waals surface area (Å²) in [5.41, 5.74) is 5.96. The van der Waals surface area contributed by atoms with Gasteiger partial charge in [0, 0.05) is 12.1 Å². The van der Waals surface area contributed by atoms with Crippen molar-refractivity contribution in [3.05, 3.63) is 29.8 Å². The second-order valence-electron chi connectivity index (χ2n) is 5.48. The summed E-state index contributed by atoms with van der Waals surface area (Å²) in [7, 11) is -3.58. The van der Waals surface area contributed by atoms with Crippen LogP contribution in [0.1, 0.15) is 25.3 Å². The normalized spacial score (nSPS) is 18.2. The molecule has 0 saturated heterocycles. The van der Waals surface area contributed by atoms with Crippen molar-refractivity contribution >= 4 is 10.0 Å². The van der Waals surface area contributed by atoms with Crippen molar-refractivity contribution in [1.29, 1.82) is 5.26 Å². The van der Waals surface area contributed by atoms with Crippen LogP contribution in [0.25, 0.3) is 0 Å². The topological polar surface area (TPSA) is 96.0 Å². The van der Waals surface area contributed by atoms with E-state index < -0.39 is 15.6 Å². The lowest BCUT2D eigenvalue weighted by Crippen LogP contribution is -2.52. The average Bonchev–Trinajstić information content (AvgIpc) is 3.24. The molecule has 1 atom stereocenters. The second-order valence-corrected chi connectivity index (χ2v) is 7.16. The molecule has 0 bridgehead atoms. The number of nitrogens with zero attached hydrogens (tertiary/aromatic N) is 1. The number of nitrogens with two attached hydrogens (primary N) is 1. The Balaban J connectivity index is 2.19. The van der Waals surface area contributed by atoms with E-state index in [1.165, 1.54) is 12.1 Å². The minimum absolute atomic E-state index is 0.208. The number of rotatable bonds is 6. The van der Waals surface area contributed by atoms with Crippen molar-refractivity contribution in [2.75, 3.05) is 6.54 Å². The van der Waals surface area contributed by atoms with Crippen LogP contribution in [0.3, 0.4) is 0 Å².